The molecule has 1 rings (SSSR count). The summed E-state index contributed by atoms with van der Waals surface area (Å²) in [5.74, 6) is 0.116. The SMILES string of the molecule is CC(=O)[C@@H]1CO[C@H](CNC(=O)OC(C)(C)C)C1. The zero-order valence-electron chi connectivity index (χ0n) is 10.9. The van der Waals surface area contributed by atoms with E-state index in [1.165, 1.54) is 0 Å². The summed E-state index contributed by atoms with van der Waals surface area (Å²) in [6, 6.07) is 0. The molecule has 0 aliphatic carbocycles. The van der Waals surface area contributed by atoms with E-state index in [1.807, 2.05) is 20.8 Å². The molecule has 0 saturated carbocycles. The van der Waals surface area contributed by atoms with Crippen LogP contribution in [0, 0.1) is 5.92 Å². The van der Waals surface area contributed by atoms with Crippen molar-refractivity contribution in [1.82, 2.24) is 5.32 Å². The summed E-state index contributed by atoms with van der Waals surface area (Å²) in [5.41, 5.74) is -0.497. The van der Waals surface area contributed by atoms with Gasteiger partial charge in [-0.15, -0.1) is 0 Å². The molecule has 1 heterocycles. The van der Waals surface area contributed by atoms with Crippen molar-refractivity contribution >= 4 is 11.9 Å². The predicted molar refractivity (Wildman–Crippen MR) is 62.8 cm³/mol. The molecule has 0 unspecified atom stereocenters. The fourth-order valence-electron chi connectivity index (χ4n) is 1.64. The molecule has 0 spiro atoms. The van der Waals surface area contributed by atoms with Crippen molar-refractivity contribution in [3.8, 4) is 0 Å². The van der Waals surface area contributed by atoms with Gasteiger partial charge >= 0.3 is 6.09 Å². The van der Waals surface area contributed by atoms with Crippen LogP contribution in [0.2, 0.25) is 0 Å². The van der Waals surface area contributed by atoms with Crippen LogP contribution in [0.4, 0.5) is 4.79 Å². The number of carbonyl (C=O) groups is 2. The molecule has 1 saturated heterocycles. The minimum atomic E-state index is -0.497. The smallest absolute Gasteiger partial charge is 0.407 e. The summed E-state index contributed by atoms with van der Waals surface area (Å²) >= 11 is 0. The van der Waals surface area contributed by atoms with Crippen LogP contribution < -0.4 is 5.32 Å². The second-order valence-electron chi connectivity index (χ2n) is 5.38. The van der Waals surface area contributed by atoms with Crippen LogP contribution in [-0.4, -0.2) is 36.7 Å². The molecule has 0 bridgehead atoms. The Balaban J connectivity index is 2.24. The Labute approximate surface area is 102 Å². The van der Waals surface area contributed by atoms with Crippen molar-refractivity contribution in [2.24, 2.45) is 5.92 Å². The first-order valence-corrected chi connectivity index (χ1v) is 5.87. The van der Waals surface area contributed by atoms with E-state index in [0.29, 0.717) is 19.6 Å². The normalized spacial score (nSPS) is 24.5. The van der Waals surface area contributed by atoms with Crippen LogP contribution in [0.25, 0.3) is 0 Å². The van der Waals surface area contributed by atoms with Crippen molar-refractivity contribution in [1.29, 1.82) is 0 Å². The van der Waals surface area contributed by atoms with Gasteiger partial charge in [-0.05, 0) is 34.1 Å². The largest absolute Gasteiger partial charge is 0.444 e. The molecule has 1 fully saturated rings. The third-order valence-corrected chi connectivity index (χ3v) is 2.53. The van der Waals surface area contributed by atoms with Crippen LogP contribution in [-0.2, 0) is 14.3 Å². The molecule has 1 aliphatic rings. The molecule has 5 nitrogen and oxygen atoms in total. The van der Waals surface area contributed by atoms with E-state index in [1.54, 1.807) is 6.92 Å². The molecule has 5 heteroatoms. The highest BCUT2D eigenvalue weighted by molar-refractivity contribution is 5.78. The van der Waals surface area contributed by atoms with Crippen LogP contribution in [0.15, 0.2) is 0 Å². The molecule has 0 aromatic heterocycles. The molecule has 1 amide bonds. The Morgan fingerprint density at radius 2 is 2.06 bits per heavy atom. The van der Waals surface area contributed by atoms with Gasteiger partial charge in [0, 0.05) is 12.5 Å². The number of hydrogen-bond acceptors (Lipinski definition) is 4. The van der Waals surface area contributed by atoms with Crippen LogP contribution >= 0.6 is 0 Å². The minimum Gasteiger partial charge on any atom is -0.444 e. The van der Waals surface area contributed by atoms with E-state index < -0.39 is 11.7 Å². The first-order chi connectivity index (χ1) is 7.78. The Morgan fingerprint density at radius 1 is 1.41 bits per heavy atom. The number of hydrogen-bond donors (Lipinski definition) is 1. The second kappa shape index (κ2) is 5.49. The third kappa shape index (κ3) is 5.17. The van der Waals surface area contributed by atoms with Crippen LogP contribution in [0.3, 0.4) is 0 Å². The molecule has 98 valence electrons. The Bertz CT molecular complexity index is 295. The zero-order chi connectivity index (χ0) is 13.1. The number of rotatable bonds is 3. The summed E-state index contributed by atoms with van der Waals surface area (Å²) in [5, 5.41) is 2.64. The highest BCUT2D eigenvalue weighted by Gasteiger charge is 2.29. The lowest BCUT2D eigenvalue weighted by atomic mass is 10.0. The van der Waals surface area contributed by atoms with Gasteiger partial charge in [-0.2, -0.15) is 0 Å². The summed E-state index contributed by atoms with van der Waals surface area (Å²) in [7, 11) is 0. The van der Waals surface area contributed by atoms with Gasteiger partial charge in [-0.1, -0.05) is 0 Å². The monoisotopic (exact) mass is 243 g/mol. The van der Waals surface area contributed by atoms with Crippen molar-refractivity contribution in [3.63, 3.8) is 0 Å². The minimum absolute atomic E-state index is 0.0274. The quantitative estimate of drug-likeness (QED) is 0.816. The van der Waals surface area contributed by atoms with Gasteiger partial charge in [0.2, 0.25) is 0 Å². The first-order valence-electron chi connectivity index (χ1n) is 5.87. The Morgan fingerprint density at radius 3 is 2.53 bits per heavy atom. The van der Waals surface area contributed by atoms with Gasteiger partial charge in [0.25, 0.3) is 0 Å². The number of ether oxygens (including phenoxy) is 2. The average Bonchev–Trinajstić information content (AvgIpc) is 2.60. The van der Waals surface area contributed by atoms with Crippen molar-refractivity contribution in [2.75, 3.05) is 13.2 Å². The van der Waals surface area contributed by atoms with Gasteiger partial charge in [0.05, 0.1) is 12.7 Å². The highest BCUT2D eigenvalue weighted by Crippen LogP contribution is 2.19. The van der Waals surface area contributed by atoms with Gasteiger partial charge < -0.3 is 14.8 Å². The van der Waals surface area contributed by atoms with Crippen molar-refractivity contribution < 1.29 is 19.1 Å². The van der Waals surface area contributed by atoms with E-state index in [0.717, 1.165) is 0 Å². The van der Waals surface area contributed by atoms with E-state index in [-0.39, 0.29) is 17.8 Å². The lowest BCUT2D eigenvalue weighted by Crippen LogP contribution is -2.36. The highest BCUT2D eigenvalue weighted by atomic mass is 16.6. The number of Topliss-reactive ketones (excluding diaryl/α,β-unsaturated/α-hetero) is 1. The molecule has 0 radical (unpaired) electrons. The predicted octanol–water partition coefficient (Wildman–Crippen LogP) is 1.51. The topological polar surface area (TPSA) is 64.6 Å². The number of carbonyl (C=O) groups excluding carboxylic acids is 2. The van der Waals surface area contributed by atoms with Gasteiger partial charge in [-0.25, -0.2) is 4.79 Å². The maximum absolute atomic E-state index is 11.4. The maximum atomic E-state index is 11.4. The Hall–Kier alpha value is -1.10. The van der Waals surface area contributed by atoms with Gasteiger partial charge in [0.1, 0.15) is 11.4 Å². The maximum Gasteiger partial charge on any atom is 0.407 e. The molecular formula is C12H21NO4. The fourth-order valence-corrected chi connectivity index (χ4v) is 1.64. The fraction of sp³-hybridized carbons (Fsp3) is 0.833. The van der Waals surface area contributed by atoms with E-state index in [2.05, 4.69) is 5.32 Å². The van der Waals surface area contributed by atoms with Gasteiger partial charge in [-0.3, -0.25) is 4.79 Å². The first kappa shape index (κ1) is 14.0. The molecule has 2 atom stereocenters. The molecule has 0 aromatic rings. The average molecular weight is 243 g/mol. The van der Waals surface area contributed by atoms with E-state index >= 15 is 0 Å². The summed E-state index contributed by atoms with van der Waals surface area (Å²) in [6.45, 7) is 7.84. The summed E-state index contributed by atoms with van der Waals surface area (Å²) < 4.78 is 10.5. The summed E-state index contributed by atoms with van der Waals surface area (Å²) in [6.07, 6.45) is 0.134. The van der Waals surface area contributed by atoms with Gasteiger partial charge in [0.15, 0.2) is 0 Å². The molecule has 1 N–H and O–H groups in total. The zero-order valence-corrected chi connectivity index (χ0v) is 10.9. The number of ketones is 1. The second-order valence-corrected chi connectivity index (χ2v) is 5.38. The summed E-state index contributed by atoms with van der Waals surface area (Å²) in [4.78, 5) is 22.5. The molecule has 0 aromatic carbocycles. The lowest BCUT2D eigenvalue weighted by Gasteiger charge is -2.20. The number of amides is 1. The third-order valence-electron chi connectivity index (χ3n) is 2.53. The molecule has 17 heavy (non-hydrogen) atoms. The molecule has 1 aliphatic heterocycles. The standard InChI is InChI=1S/C12H21NO4/c1-8(14)9-5-10(16-7-9)6-13-11(15)17-12(2,3)4/h9-10H,5-7H2,1-4H3,(H,13,15)/t9-,10-/m0/s1. The lowest BCUT2D eigenvalue weighted by molar-refractivity contribution is -0.120. The van der Waals surface area contributed by atoms with Crippen molar-refractivity contribution in [2.45, 2.75) is 45.8 Å². The van der Waals surface area contributed by atoms with Crippen LogP contribution in [0.1, 0.15) is 34.1 Å². The Kier molecular flexibility index (Phi) is 4.51. The number of alkyl carbamates (subject to hydrolysis) is 1. The number of nitrogens with one attached hydrogen (secondary N) is 1. The molecular weight excluding hydrogens is 222 g/mol. The van der Waals surface area contributed by atoms with E-state index in [4.69, 9.17) is 9.47 Å². The van der Waals surface area contributed by atoms with E-state index in [9.17, 15) is 9.59 Å². The van der Waals surface area contributed by atoms with Crippen molar-refractivity contribution in [3.05, 3.63) is 0 Å². The van der Waals surface area contributed by atoms with Crippen LogP contribution in [0.5, 0.6) is 0 Å².